The van der Waals surface area contributed by atoms with Crippen molar-refractivity contribution in [2.24, 2.45) is 0 Å². The van der Waals surface area contributed by atoms with Gasteiger partial charge in [0.05, 0.1) is 0 Å². The maximum atomic E-state index is 2.20. The van der Waals surface area contributed by atoms with E-state index in [1.54, 1.807) is 0 Å². The molecule has 0 spiro atoms. The van der Waals surface area contributed by atoms with Crippen LogP contribution in [0.25, 0.3) is 10.8 Å². The minimum atomic E-state index is 0. The van der Waals surface area contributed by atoms with Crippen molar-refractivity contribution in [1.29, 1.82) is 0 Å². The number of benzene rings is 3. The SMILES string of the molecule is [Ti+2].c1cc[cH-]c1.c1ccc([SiH]c2ccccc2)cc1.c1ccc2[cH-]ccc2c1. The molecule has 0 atom stereocenters. The van der Waals surface area contributed by atoms with Gasteiger partial charge in [-0.15, -0.1) is 29.7 Å². The summed E-state index contributed by atoms with van der Waals surface area (Å²) >= 11 is 0. The maximum Gasteiger partial charge on any atom is 2.00 e. The van der Waals surface area contributed by atoms with Gasteiger partial charge in [0.25, 0.3) is 0 Å². The summed E-state index contributed by atoms with van der Waals surface area (Å²) in [6.07, 6.45) is 0. The van der Waals surface area contributed by atoms with Gasteiger partial charge in [-0.2, -0.15) is 35.7 Å². The van der Waals surface area contributed by atoms with Crippen LogP contribution < -0.4 is 10.4 Å². The fraction of sp³-hybridized carbons (Fsp3) is 0. The van der Waals surface area contributed by atoms with Crippen LogP contribution in [0.15, 0.2) is 133 Å². The van der Waals surface area contributed by atoms with Crippen LogP contribution in [0.1, 0.15) is 0 Å². The number of hydrogen-bond donors (Lipinski definition) is 0. The van der Waals surface area contributed by atoms with Crippen LogP contribution in [0.3, 0.4) is 0 Å². The van der Waals surface area contributed by atoms with Crippen LogP contribution in [-0.4, -0.2) is 9.52 Å². The minimum absolute atomic E-state index is 0. The van der Waals surface area contributed by atoms with Crippen molar-refractivity contribution in [3.05, 3.63) is 133 Å². The first-order valence-corrected chi connectivity index (χ1v) is 10.3. The van der Waals surface area contributed by atoms with Crippen molar-refractivity contribution in [3.63, 3.8) is 0 Å². The van der Waals surface area contributed by atoms with Gasteiger partial charge in [0.2, 0.25) is 0 Å². The topological polar surface area (TPSA) is 0 Å². The Hall–Kier alpha value is -2.45. The molecular weight excluding hydrogens is 388 g/mol. The normalized spacial score (nSPS) is 9.29. The quantitative estimate of drug-likeness (QED) is 0.282. The molecule has 5 aromatic rings. The fourth-order valence-electron chi connectivity index (χ4n) is 2.68. The van der Waals surface area contributed by atoms with Gasteiger partial charge in [-0.25, -0.2) is 12.1 Å². The molecule has 28 heavy (non-hydrogen) atoms. The van der Waals surface area contributed by atoms with E-state index in [0.717, 1.165) is 0 Å². The molecule has 1 radical (unpaired) electrons. The molecule has 0 fully saturated rings. The Balaban J connectivity index is 0.000000162. The van der Waals surface area contributed by atoms with E-state index >= 15 is 0 Å². The van der Waals surface area contributed by atoms with Crippen LogP contribution in [-0.2, 0) is 21.7 Å². The molecule has 5 rings (SSSR count). The molecule has 5 aromatic carbocycles. The first-order chi connectivity index (χ1) is 13.4. The largest absolute Gasteiger partial charge is 2.00 e. The molecule has 0 aromatic heterocycles. The average Bonchev–Trinajstić information content (AvgIpc) is 3.45. The molecule has 0 nitrogen and oxygen atoms in total. The van der Waals surface area contributed by atoms with Gasteiger partial charge in [-0.1, -0.05) is 77.1 Å². The Labute approximate surface area is 185 Å². The van der Waals surface area contributed by atoms with E-state index in [2.05, 4.69) is 103 Å². The molecule has 0 saturated heterocycles. The number of rotatable bonds is 2. The Morgan fingerprint density at radius 1 is 0.500 bits per heavy atom. The predicted molar refractivity (Wildman–Crippen MR) is 121 cm³/mol. The third-order valence-corrected chi connectivity index (χ3v) is 5.47. The monoisotopic (exact) mass is 411 g/mol. The van der Waals surface area contributed by atoms with Crippen molar-refractivity contribution in [2.75, 3.05) is 0 Å². The third kappa shape index (κ3) is 7.66. The van der Waals surface area contributed by atoms with Crippen molar-refractivity contribution in [2.45, 2.75) is 0 Å². The van der Waals surface area contributed by atoms with E-state index in [1.165, 1.54) is 21.1 Å². The zero-order valence-corrected chi connectivity index (χ0v) is 18.5. The fourth-order valence-corrected chi connectivity index (χ4v) is 3.90. The molecule has 2 heteroatoms. The van der Waals surface area contributed by atoms with Gasteiger partial charge >= 0.3 is 21.7 Å². The third-order valence-electron chi connectivity index (χ3n) is 4.04. The molecule has 0 aliphatic carbocycles. The van der Waals surface area contributed by atoms with E-state index < -0.39 is 0 Å². The van der Waals surface area contributed by atoms with Crippen molar-refractivity contribution < 1.29 is 21.7 Å². The van der Waals surface area contributed by atoms with Crippen LogP contribution in [0.2, 0.25) is 0 Å². The van der Waals surface area contributed by atoms with Gasteiger partial charge in [-0.3, -0.25) is 0 Å². The van der Waals surface area contributed by atoms with Crippen LogP contribution in [0.5, 0.6) is 0 Å². The molecule has 0 unspecified atom stereocenters. The zero-order chi connectivity index (χ0) is 18.6. The molecule has 135 valence electrons. The summed E-state index contributed by atoms with van der Waals surface area (Å²) < 4.78 is 0. The minimum Gasteiger partial charge on any atom is -0.214 e. The number of fused-ring (bicyclic) bond motifs is 1. The Morgan fingerprint density at radius 3 is 1.54 bits per heavy atom. The summed E-state index contributed by atoms with van der Waals surface area (Å²) in [4.78, 5) is 0. The zero-order valence-electron chi connectivity index (χ0n) is 15.8. The van der Waals surface area contributed by atoms with Gasteiger partial charge in [0.1, 0.15) is 9.52 Å². The molecule has 0 N–H and O–H groups in total. The molecule has 0 aliphatic rings. The average molecular weight is 411 g/mol. The van der Waals surface area contributed by atoms with Gasteiger partial charge in [0.15, 0.2) is 0 Å². The number of hydrogen-bond acceptors (Lipinski definition) is 0. The smallest absolute Gasteiger partial charge is 0.214 e. The Bertz CT molecular complexity index is 901. The summed E-state index contributed by atoms with van der Waals surface area (Å²) in [6, 6.07) is 46.0. The standard InChI is InChI=1S/C12H11Si.C9H7.C5H5.Ti/c1-3-7-11(8-4-1)13-12-9-5-2-6-10-12;1-2-5-9-7-3-6-8(9)4-1;1-2-4-5-3-1;/h1-10,13H;1-7H;1-5H;/q;2*-1;+2. The van der Waals surface area contributed by atoms with Crippen LogP contribution >= 0.6 is 0 Å². The van der Waals surface area contributed by atoms with Gasteiger partial charge < -0.3 is 0 Å². The summed E-state index contributed by atoms with van der Waals surface area (Å²) in [6.45, 7) is 0. The van der Waals surface area contributed by atoms with Gasteiger partial charge in [-0.05, 0) is 0 Å². The van der Waals surface area contributed by atoms with Crippen LogP contribution in [0, 0.1) is 0 Å². The Morgan fingerprint density at radius 2 is 1.04 bits per heavy atom. The molecule has 0 amide bonds. The summed E-state index contributed by atoms with van der Waals surface area (Å²) in [5.74, 6) is 0. The van der Waals surface area contributed by atoms with E-state index in [4.69, 9.17) is 0 Å². The predicted octanol–water partition coefficient (Wildman–Crippen LogP) is 5.04. The van der Waals surface area contributed by atoms with Crippen LogP contribution in [0.4, 0.5) is 0 Å². The first-order valence-electron chi connectivity index (χ1n) is 9.14. The van der Waals surface area contributed by atoms with Crippen molar-refractivity contribution in [1.82, 2.24) is 0 Å². The van der Waals surface area contributed by atoms with Crippen molar-refractivity contribution >= 4 is 30.7 Å². The summed E-state index contributed by atoms with van der Waals surface area (Å²) in [5.41, 5.74) is 0. The molecule has 0 bridgehead atoms. The van der Waals surface area contributed by atoms with E-state index in [9.17, 15) is 0 Å². The second kappa shape index (κ2) is 12.9. The second-order valence-corrected chi connectivity index (χ2v) is 7.70. The summed E-state index contributed by atoms with van der Waals surface area (Å²) in [5, 5.41) is 5.57. The Kier molecular flexibility index (Phi) is 10.0. The summed E-state index contributed by atoms with van der Waals surface area (Å²) in [7, 11) is 0.271. The second-order valence-electron chi connectivity index (χ2n) is 6.08. The molecule has 0 saturated carbocycles. The van der Waals surface area contributed by atoms with E-state index in [0.29, 0.717) is 0 Å². The van der Waals surface area contributed by atoms with Crippen molar-refractivity contribution in [3.8, 4) is 0 Å². The van der Waals surface area contributed by atoms with Gasteiger partial charge in [0, 0.05) is 0 Å². The molecule has 0 heterocycles. The molecule has 0 aliphatic heterocycles. The van der Waals surface area contributed by atoms with E-state index in [1.807, 2.05) is 30.3 Å². The van der Waals surface area contributed by atoms with E-state index in [-0.39, 0.29) is 31.2 Å². The maximum absolute atomic E-state index is 2.20. The molecular formula is C26H23SiTi. The first kappa shape index (κ1) is 21.8.